The van der Waals surface area contributed by atoms with Gasteiger partial charge in [0.1, 0.15) is 11.2 Å². The Morgan fingerprint density at radius 1 is 1.16 bits per heavy atom. The van der Waals surface area contributed by atoms with Crippen molar-refractivity contribution in [3.63, 3.8) is 0 Å². The number of nitrogens with zero attached hydrogens (tertiary/aromatic N) is 2. The Bertz CT molecular complexity index is 879. The van der Waals surface area contributed by atoms with Gasteiger partial charge in [-0.2, -0.15) is 4.98 Å². The number of hydrogen-bond donors (Lipinski definition) is 3. The van der Waals surface area contributed by atoms with E-state index in [9.17, 15) is 4.79 Å². The number of H-pyrrole nitrogens is 1. The maximum atomic E-state index is 12.2. The Labute approximate surface area is 144 Å². The van der Waals surface area contributed by atoms with Gasteiger partial charge in [-0.25, -0.2) is 4.79 Å². The van der Waals surface area contributed by atoms with Crippen LogP contribution in [0, 0.1) is 0 Å². The lowest BCUT2D eigenvalue weighted by Crippen LogP contribution is -2.31. The lowest BCUT2D eigenvalue weighted by atomic mass is 10.1. The van der Waals surface area contributed by atoms with Crippen LogP contribution in [0.15, 0.2) is 36.4 Å². The highest BCUT2D eigenvalue weighted by atomic mass is 16.5. The van der Waals surface area contributed by atoms with Crippen LogP contribution in [0.5, 0.6) is 11.8 Å². The molecule has 0 bridgehead atoms. The normalized spacial score (nSPS) is 11.8. The molecule has 8 nitrogen and oxygen atoms in total. The zero-order chi connectivity index (χ0) is 17.8. The molecule has 0 aliphatic carbocycles. The number of ether oxygens (including phenoxy) is 2. The molecule has 3 N–H and O–H groups in total. The van der Waals surface area contributed by atoms with E-state index >= 15 is 0 Å². The minimum Gasteiger partial charge on any atom is -0.480 e. The molecule has 2 aromatic heterocycles. The van der Waals surface area contributed by atoms with E-state index in [4.69, 9.17) is 9.47 Å². The van der Waals surface area contributed by atoms with Gasteiger partial charge in [0.15, 0.2) is 0 Å². The molecule has 0 spiro atoms. The molecule has 2 amide bonds. The number of amides is 2. The lowest BCUT2D eigenvalue weighted by molar-refractivity contribution is 0.249. The highest BCUT2D eigenvalue weighted by Gasteiger charge is 2.16. The minimum absolute atomic E-state index is 0.140. The first-order valence-electron chi connectivity index (χ1n) is 7.72. The van der Waals surface area contributed by atoms with Crippen LogP contribution in [0.25, 0.3) is 10.9 Å². The summed E-state index contributed by atoms with van der Waals surface area (Å²) in [5, 5.41) is 13.1. The topological polar surface area (TPSA) is 101 Å². The number of methoxy groups -OCH3 is 2. The second-order valence-electron chi connectivity index (χ2n) is 5.40. The number of urea groups is 1. The van der Waals surface area contributed by atoms with Crippen molar-refractivity contribution in [1.82, 2.24) is 20.5 Å². The molecular weight excluding hydrogens is 322 g/mol. The number of carbonyl (C=O) groups excluding carboxylic acids is 1. The number of pyridine rings is 1. The standard InChI is InChI=1S/C17H19N5O3/c1-10(11-7-5-4-6-8-11)18-17(23)20-13-9-12-14(15(19-13)24-2)16(25-3)22-21-12/h4-10H,1-3H3,(H,21,22)(H2,18,19,20,23)/t10-/m1/s1. The van der Waals surface area contributed by atoms with Crippen LogP contribution in [-0.4, -0.2) is 35.4 Å². The van der Waals surface area contributed by atoms with E-state index in [0.717, 1.165) is 5.56 Å². The highest BCUT2D eigenvalue weighted by Crippen LogP contribution is 2.32. The molecule has 3 aromatic rings. The van der Waals surface area contributed by atoms with E-state index in [0.29, 0.717) is 28.5 Å². The van der Waals surface area contributed by atoms with Crippen LogP contribution in [0.4, 0.5) is 10.6 Å². The summed E-state index contributed by atoms with van der Waals surface area (Å²) in [7, 11) is 3.01. The van der Waals surface area contributed by atoms with E-state index in [1.165, 1.54) is 14.2 Å². The lowest BCUT2D eigenvalue weighted by Gasteiger charge is -2.15. The fourth-order valence-electron chi connectivity index (χ4n) is 2.52. The molecule has 8 heteroatoms. The molecule has 25 heavy (non-hydrogen) atoms. The van der Waals surface area contributed by atoms with Crippen molar-refractivity contribution >= 4 is 22.8 Å². The predicted molar refractivity (Wildman–Crippen MR) is 94.0 cm³/mol. The van der Waals surface area contributed by atoms with Crippen molar-refractivity contribution in [2.45, 2.75) is 13.0 Å². The third-order valence-corrected chi connectivity index (χ3v) is 3.75. The largest absolute Gasteiger partial charge is 0.480 e. The van der Waals surface area contributed by atoms with Crippen LogP contribution < -0.4 is 20.1 Å². The van der Waals surface area contributed by atoms with Gasteiger partial charge < -0.3 is 14.8 Å². The third kappa shape index (κ3) is 3.47. The molecule has 0 aliphatic rings. The number of anilines is 1. The molecule has 3 rings (SSSR count). The smallest absolute Gasteiger partial charge is 0.320 e. The summed E-state index contributed by atoms with van der Waals surface area (Å²) in [5.74, 6) is 1.04. The summed E-state index contributed by atoms with van der Waals surface area (Å²) >= 11 is 0. The summed E-state index contributed by atoms with van der Waals surface area (Å²) in [4.78, 5) is 16.5. The number of carbonyl (C=O) groups is 1. The summed E-state index contributed by atoms with van der Waals surface area (Å²) in [5.41, 5.74) is 1.66. The van der Waals surface area contributed by atoms with Gasteiger partial charge in [-0.3, -0.25) is 10.4 Å². The van der Waals surface area contributed by atoms with Gasteiger partial charge in [-0.15, -0.1) is 5.10 Å². The number of nitrogens with one attached hydrogen (secondary N) is 3. The second-order valence-corrected chi connectivity index (χ2v) is 5.40. The first-order valence-corrected chi connectivity index (χ1v) is 7.72. The van der Waals surface area contributed by atoms with Crippen molar-refractivity contribution in [3.8, 4) is 11.8 Å². The van der Waals surface area contributed by atoms with Gasteiger partial charge in [0.2, 0.25) is 11.8 Å². The van der Waals surface area contributed by atoms with Gasteiger partial charge in [0.05, 0.1) is 25.8 Å². The van der Waals surface area contributed by atoms with Gasteiger partial charge in [-0.05, 0) is 12.5 Å². The Hall–Kier alpha value is -3.29. The Morgan fingerprint density at radius 3 is 2.56 bits per heavy atom. The number of rotatable bonds is 5. The average Bonchev–Trinajstić information content (AvgIpc) is 3.04. The number of hydrogen-bond acceptors (Lipinski definition) is 5. The van der Waals surface area contributed by atoms with E-state index < -0.39 is 0 Å². The second kappa shape index (κ2) is 7.08. The molecular formula is C17H19N5O3. The van der Waals surface area contributed by atoms with Gasteiger partial charge in [-0.1, -0.05) is 30.3 Å². The van der Waals surface area contributed by atoms with Crippen LogP contribution >= 0.6 is 0 Å². The van der Waals surface area contributed by atoms with E-state index in [1.54, 1.807) is 6.07 Å². The third-order valence-electron chi connectivity index (χ3n) is 3.75. The maximum absolute atomic E-state index is 12.2. The van der Waals surface area contributed by atoms with Crippen molar-refractivity contribution in [3.05, 3.63) is 42.0 Å². The van der Waals surface area contributed by atoms with E-state index in [2.05, 4.69) is 25.8 Å². The molecule has 0 radical (unpaired) electrons. The van der Waals surface area contributed by atoms with Crippen LogP contribution in [0.2, 0.25) is 0 Å². The van der Waals surface area contributed by atoms with Crippen molar-refractivity contribution in [2.75, 3.05) is 19.5 Å². The molecule has 0 unspecified atom stereocenters. The van der Waals surface area contributed by atoms with Gasteiger partial charge in [0, 0.05) is 6.07 Å². The monoisotopic (exact) mass is 341 g/mol. The van der Waals surface area contributed by atoms with E-state index in [-0.39, 0.29) is 12.1 Å². The quantitative estimate of drug-likeness (QED) is 0.662. The number of aromatic amines is 1. The number of benzene rings is 1. The molecule has 0 aliphatic heterocycles. The molecule has 1 atom stereocenters. The van der Waals surface area contributed by atoms with Crippen LogP contribution in [0.1, 0.15) is 18.5 Å². The highest BCUT2D eigenvalue weighted by molar-refractivity contribution is 5.94. The molecule has 2 heterocycles. The van der Waals surface area contributed by atoms with Gasteiger partial charge in [0.25, 0.3) is 0 Å². The molecule has 0 saturated heterocycles. The number of fused-ring (bicyclic) bond motifs is 1. The average molecular weight is 341 g/mol. The first kappa shape index (κ1) is 16.6. The maximum Gasteiger partial charge on any atom is 0.320 e. The van der Waals surface area contributed by atoms with Crippen LogP contribution in [-0.2, 0) is 0 Å². The Balaban J connectivity index is 1.77. The van der Waals surface area contributed by atoms with Crippen molar-refractivity contribution < 1.29 is 14.3 Å². The summed E-state index contributed by atoms with van der Waals surface area (Å²) in [6.07, 6.45) is 0. The molecule has 0 fully saturated rings. The summed E-state index contributed by atoms with van der Waals surface area (Å²) in [6, 6.07) is 10.9. The van der Waals surface area contributed by atoms with Crippen molar-refractivity contribution in [2.24, 2.45) is 0 Å². The Morgan fingerprint density at radius 2 is 1.88 bits per heavy atom. The predicted octanol–water partition coefficient (Wildman–Crippen LogP) is 2.86. The Kier molecular flexibility index (Phi) is 4.69. The summed E-state index contributed by atoms with van der Waals surface area (Å²) in [6.45, 7) is 1.91. The first-order chi connectivity index (χ1) is 12.1. The fourth-order valence-corrected chi connectivity index (χ4v) is 2.52. The zero-order valence-electron chi connectivity index (χ0n) is 14.2. The molecule has 0 saturated carbocycles. The molecule has 130 valence electrons. The zero-order valence-corrected chi connectivity index (χ0v) is 14.2. The fraction of sp³-hybridized carbons (Fsp3) is 0.235. The van der Waals surface area contributed by atoms with Gasteiger partial charge >= 0.3 is 6.03 Å². The summed E-state index contributed by atoms with van der Waals surface area (Å²) < 4.78 is 10.4. The molecule has 1 aromatic carbocycles. The van der Waals surface area contributed by atoms with E-state index in [1.807, 2.05) is 37.3 Å². The number of aromatic nitrogens is 3. The van der Waals surface area contributed by atoms with Crippen molar-refractivity contribution in [1.29, 1.82) is 0 Å². The SMILES string of the molecule is COc1n[nH]c2cc(NC(=O)N[C@H](C)c3ccccc3)nc(OC)c12. The van der Waals surface area contributed by atoms with Crippen LogP contribution in [0.3, 0.4) is 0 Å². The minimum atomic E-state index is -0.364.